The van der Waals surface area contributed by atoms with Crippen LogP contribution in [0.3, 0.4) is 0 Å². The van der Waals surface area contributed by atoms with Gasteiger partial charge in [0.1, 0.15) is 0 Å². The molecule has 0 heterocycles. The smallest absolute Gasteiger partial charge is 0.307 e. The van der Waals surface area contributed by atoms with Crippen molar-refractivity contribution in [2.24, 2.45) is 0 Å². The van der Waals surface area contributed by atoms with Crippen molar-refractivity contribution in [3.05, 3.63) is 0 Å². The van der Waals surface area contributed by atoms with Gasteiger partial charge in [0.15, 0.2) is 23.2 Å². The lowest BCUT2D eigenvalue weighted by Gasteiger charge is -2.42. The standard InChI is InChI=1S/C39H75NO5/c1-6-8-10-12-14-16-18-20-22-24-26-28-30-32-35(41)38(40(3,4)5)39(45,34-37(43)44)36(42)33-31-29-27-25-23-21-19-17-15-13-11-9-7-2/h38,45H,6-34H2,1-5H3/p+1. The van der Waals surface area contributed by atoms with E-state index in [0.29, 0.717) is 12.8 Å². The van der Waals surface area contributed by atoms with Crippen LogP contribution in [0.2, 0.25) is 0 Å². The van der Waals surface area contributed by atoms with E-state index in [0.717, 1.165) is 32.1 Å². The number of unbranched alkanes of at least 4 members (excludes halogenated alkanes) is 24. The molecule has 0 radical (unpaired) electrons. The quantitative estimate of drug-likeness (QED) is 0.0540. The second-order valence-electron chi connectivity index (χ2n) is 14.9. The molecule has 0 aromatic carbocycles. The van der Waals surface area contributed by atoms with Crippen LogP contribution in [-0.4, -0.2) is 65.0 Å². The van der Waals surface area contributed by atoms with Crippen LogP contribution >= 0.6 is 0 Å². The third-order valence-electron chi connectivity index (χ3n) is 9.47. The van der Waals surface area contributed by atoms with Crippen LogP contribution in [-0.2, 0) is 14.4 Å². The van der Waals surface area contributed by atoms with Crippen molar-refractivity contribution in [1.82, 2.24) is 0 Å². The predicted octanol–water partition coefficient (Wildman–Crippen LogP) is 10.4. The number of aliphatic carboxylic acids is 1. The lowest BCUT2D eigenvalue weighted by atomic mass is 9.79. The van der Waals surface area contributed by atoms with Crippen LogP contribution in [0.1, 0.15) is 200 Å². The lowest BCUT2D eigenvalue weighted by Crippen LogP contribution is -2.66. The number of nitrogens with zero attached hydrogens (tertiary/aromatic N) is 1. The summed E-state index contributed by atoms with van der Waals surface area (Å²) in [7, 11) is 5.33. The molecule has 0 rings (SSSR count). The minimum Gasteiger partial charge on any atom is -0.481 e. The van der Waals surface area contributed by atoms with E-state index in [9.17, 15) is 24.6 Å². The summed E-state index contributed by atoms with van der Waals surface area (Å²) in [5.41, 5.74) is -2.19. The van der Waals surface area contributed by atoms with E-state index in [2.05, 4.69) is 13.8 Å². The maximum Gasteiger partial charge on any atom is 0.307 e. The highest BCUT2D eigenvalue weighted by Crippen LogP contribution is 2.29. The summed E-state index contributed by atoms with van der Waals surface area (Å²) in [5.74, 6) is -1.94. The van der Waals surface area contributed by atoms with Gasteiger partial charge in [0.05, 0.1) is 27.6 Å². The number of likely N-dealkylation sites (N-methyl/N-ethyl adjacent to an activating group) is 1. The number of hydrogen-bond donors (Lipinski definition) is 2. The molecular formula is C39H76NO5+. The first-order chi connectivity index (χ1) is 21.5. The zero-order valence-electron chi connectivity index (χ0n) is 30.6. The number of carboxylic acid groups (broad SMARTS) is 1. The molecule has 0 aliphatic heterocycles. The lowest BCUT2D eigenvalue weighted by molar-refractivity contribution is -0.892. The number of hydrogen-bond acceptors (Lipinski definition) is 4. The molecule has 0 aliphatic carbocycles. The molecule has 266 valence electrons. The molecule has 0 aromatic heterocycles. The molecular weight excluding hydrogens is 562 g/mol. The number of carboxylic acids is 1. The fourth-order valence-electron chi connectivity index (χ4n) is 6.89. The van der Waals surface area contributed by atoms with E-state index in [1.54, 1.807) is 21.1 Å². The highest BCUT2D eigenvalue weighted by Gasteiger charge is 2.55. The van der Waals surface area contributed by atoms with E-state index in [-0.39, 0.29) is 23.1 Å². The van der Waals surface area contributed by atoms with Crippen LogP contribution in [0.25, 0.3) is 0 Å². The van der Waals surface area contributed by atoms with Gasteiger partial charge in [-0.15, -0.1) is 0 Å². The molecule has 0 bridgehead atoms. The molecule has 6 heteroatoms. The number of aliphatic hydroxyl groups is 1. The topological polar surface area (TPSA) is 91.7 Å². The monoisotopic (exact) mass is 639 g/mol. The maximum atomic E-state index is 13.5. The van der Waals surface area contributed by atoms with Crippen LogP contribution in [0.15, 0.2) is 0 Å². The summed E-state index contributed by atoms with van der Waals surface area (Å²) in [5, 5.41) is 21.3. The Balaban J connectivity index is 4.55. The average Bonchev–Trinajstić information content (AvgIpc) is 2.96. The van der Waals surface area contributed by atoms with Crippen molar-refractivity contribution in [3.63, 3.8) is 0 Å². The van der Waals surface area contributed by atoms with Gasteiger partial charge in [-0.05, 0) is 12.8 Å². The van der Waals surface area contributed by atoms with E-state index in [1.165, 1.54) is 122 Å². The Kier molecular flexibility index (Phi) is 27.0. The zero-order valence-corrected chi connectivity index (χ0v) is 30.6. The fourth-order valence-corrected chi connectivity index (χ4v) is 6.89. The molecule has 2 atom stereocenters. The highest BCUT2D eigenvalue weighted by molar-refractivity contribution is 5.98. The molecule has 2 N–H and O–H groups in total. The molecule has 45 heavy (non-hydrogen) atoms. The molecule has 0 saturated carbocycles. The second kappa shape index (κ2) is 27.8. The summed E-state index contributed by atoms with van der Waals surface area (Å²) in [6.07, 6.45) is 30.9. The maximum absolute atomic E-state index is 13.5. The van der Waals surface area contributed by atoms with E-state index in [4.69, 9.17) is 0 Å². The van der Waals surface area contributed by atoms with Crippen LogP contribution < -0.4 is 0 Å². The van der Waals surface area contributed by atoms with Crippen LogP contribution in [0.5, 0.6) is 0 Å². The predicted molar refractivity (Wildman–Crippen MR) is 190 cm³/mol. The Bertz CT molecular complexity index is 746. The number of carbonyl (C=O) groups excluding carboxylic acids is 2. The summed E-state index contributed by atoms with van der Waals surface area (Å²) < 4.78 is 0.0331. The first kappa shape index (κ1) is 43.7. The van der Waals surface area contributed by atoms with Gasteiger partial charge in [-0.2, -0.15) is 0 Å². The first-order valence-electron chi connectivity index (χ1n) is 19.3. The molecule has 2 unspecified atom stereocenters. The third kappa shape index (κ3) is 22.8. The van der Waals surface area contributed by atoms with Crippen molar-refractivity contribution in [1.29, 1.82) is 0 Å². The molecule has 0 aromatic rings. The number of carbonyl (C=O) groups is 3. The summed E-state index contributed by atoms with van der Waals surface area (Å²) >= 11 is 0. The second-order valence-corrected chi connectivity index (χ2v) is 14.9. The van der Waals surface area contributed by atoms with E-state index < -0.39 is 29.8 Å². The Morgan fingerprint density at radius 1 is 0.511 bits per heavy atom. The number of Topliss-reactive ketones (excluding diaryl/α,β-unsaturated/α-hetero) is 2. The number of rotatable bonds is 34. The van der Waals surface area contributed by atoms with Crippen molar-refractivity contribution >= 4 is 17.5 Å². The summed E-state index contributed by atoms with van der Waals surface area (Å²) in [4.78, 5) is 38.7. The van der Waals surface area contributed by atoms with Crippen molar-refractivity contribution in [2.75, 3.05) is 21.1 Å². The van der Waals surface area contributed by atoms with Gasteiger partial charge in [0.2, 0.25) is 0 Å². The molecule has 6 nitrogen and oxygen atoms in total. The molecule has 0 spiro atoms. The van der Waals surface area contributed by atoms with Gasteiger partial charge >= 0.3 is 5.97 Å². The minimum absolute atomic E-state index is 0.0331. The van der Waals surface area contributed by atoms with Gasteiger partial charge in [0, 0.05) is 12.8 Å². The largest absolute Gasteiger partial charge is 0.481 e. The van der Waals surface area contributed by atoms with Crippen molar-refractivity contribution in [3.8, 4) is 0 Å². The van der Waals surface area contributed by atoms with Gasteiger partial charge in [-0.25, -0.2) is 0 Å². The summed E-state index contributed by atoms with van der Waals surface area (Å²) in [6, 6.07) is -1.08. The van der Waals surface area contributed by atoms with Gasteiger partial charge in [0.25, 0.3) is 0 Å². The fraction of sp³-hybridized carbons (Fsp3) is 0.923. The Labute approximate surface area is 279 Å². The third-order valence-corrected chi connectivity index (χ3v) is 9.47. The van der Waals surface area contributed by atoms with E-state index >= 15 is 0 Å². The molecule has 0 saturated heterocycles. The van der Waals surface area contributed by atoms with Crippen molar-refractivity contribution < 1.29 is 29.1 Å². The zero-order chi connectivity index (χ0) is 33.8. The van der Waals surface area contributed by atoms with Gasteiger partial charge in [-0.1, -0.05) is 168 Å². The number of quaternary nitrogens is 1. The Morgan fingerprint density at radius 3 is 1.09 bits per heavy atom. The summed E-state index contributed by atoms with van der Waals surface area (Å²) in [6.45, 7) is 4.50. The normalized spacial score (nSPS) is 13.9. The minimum atomic E-state index is -2.19. The van der Waals surface area contributed by atoms with Crippen LogP contribution in [0, 0.1) is 0 Å². The van der Waals surface area contributed by atoms with E-state index in [1.807, 2.05) is 0 Å². The molecule has 0 aliphatic rings. The SMILES string of the molecule is CCCCCCCCCCCCCCCC(=O)C(C(O)(CC(=O)O)C(=O)CCCCCCCCCCCCCCC)[N+](C)(C)C. The first-order valence-corrected chi connectivity index (χ1v) is 19.3. The van der Waals surface area contributed by atoms with Crippen molar-refractivity contribution in [2.45, 2.75) is 212 Å². The Hall–Kier alpha value is -1.27. The average molecular weight is 639 g/mol. The van der Waals surface area contributed by atoms with Gasteiger partial charge in [-0.3, -0.25) is 14.4 Å². The Morgan fingerprint density at radius 2 is 0.800 bits per heavy atom. The molecule has 0 fully saturated rings. The van der Waals surface area contributed by atoms with Gasteiger partial charge < -0.3 is 14.7 Å². The highest BCUT2D eigenvalue weighted by atomic mass is 16.4. The molecule has 0 amide bonds. The van der Waals surface area contributed by atoms with Crippen LogP contribution in [0.4, 0.5) is 0 Å². The number of ketones is 2.